The zero-order valence-corrected chi connectivity index (χ0v) is 20.6. The van der Waals surface area contributed by atoms with Crippen molar-refractivity contribution in [2.24, 2.45) is 0 Å². The van der Waals surface area contributed by atoms with Crippen LogP contribution in [-0.4, -0.2) is 41.4 Å². The van der Waals surface area contributed by atoms with Crippen molar-refractivity contribution in [2.45, 2.75) is 29.8 Å². The summed E-state index contributed by atoms with van der Waals surface area (Å²) >= 11 is 1.82. The minimum absolute atomic E-state index is 0.0359. The van der Waals surface area contributed by atoms with Gasteiger partial charge < -0.3 is 14.2 Å². The Labute approximate surface area is 203 Å². The molecule has 0 bridgehead atoms. The van der Waals surface area contributed by atoms with Gasteiger partial charge in [0.1, 0.15) is 6.17 Å². The molecule has 3 aliphatic rings. The number of amides is 1. The van der Waals surface area contributed by atoms with Gasteiger partial charge in [-0.05, 0) is 35.2 Å². The number of carbonyl (C=O) groups is 1. The summed E-state index contributed by atoms with van der Waals surface area (Å²) in [6, 6.07) is 16.1. The maximum Gasteiger partial charge on any atom is 0.278 e. The molecule has 1 unspecified atom stereocenters. The number of hydrogen-bond acceptors (Lipinski definition) is 6. The monoisotopic (exact) mass is 493 g/mol. The zero-order valence-electron chi connectivity index (χ0n) is 18.6. The van der Waals surface area contributed by atoms with Crippen molar-refractivity contribution < 1.29 is 14.1 Å². The molecule has 0 spiro atoms. The Kier molecular flexibility index (Phi) is 5.40. The molecule has 0 radical (unpaired) electrons. The van der Waals surface area contributed by atoms with E-state index in [4.69, 9.17) is 9.26 Å². The molecule has 34 heavy (non-hydrogen) atoms. The minimum atomic E-state index is -0.331. The summed E-state index contributed by atoms with van der Waals surface area (Å²) in [6.45, 7) is 3.42. The Morgan fingerprint density at radius 3 is 2.82 bits per heavy atom. The van der Waals surface area contributed by atoms with Crippen LogP contribution in [0.5, 0.6) is 5.75 Å². The number of nitrogens with zero attached hydrogens (tertiary/aromatic N) is 3. The van der Waals surface area contributed by atoms with Crippen LogP contribution in [0.2, 0.25) is 0 Å². The molecule has 3 atom stereocenters. The largest absolute Gasteiger partial charge is 0.474 e. The van der Waals surface area contributed by atoms with Crippen LogP contribution in [0.4, 0.5) is 0 Å². The molecule has 174 valence electrons. The van der Waals surface area contributed by atoms with Crippen LogP contribution in [0.25, 0.3) is 0 Å². The van der Waals surface area contributed by atoms with Crippen LogP contribution in [0.1, 0.15) is 38.8 Å². The second-order valence-corrected chi connectivity index (χ2v) is 9.88. The molecular weight excluding hydrogens is 469 g/mol. The van der Waals surface area contributed by atoms with Crippen molar-refractivity contribution >= 4 is 27.1 Å². The summed E-state index contributed by atoms with van der Waals surface area (Å²) in [5, 5.41) is 2.19. The zero-order chi connectivity index (χ0) is 23.4. The van der Waals surface area contributed by atoms with Gasteiger partial charge in [-0.1, -0.05) is 36.4 Å². The van der Waals surface area contributed by atoms with Gasteiger partial charge >= 0.3 is 0 Å². The third-order valence-corrected chi connectivity index (χ3v) is 8.20. The molecule has 1 saturated heterocycles. The molecule has 1 aromatic heterocycles. The standard InChI is InChI=1S/C25H24N3O4PS/c1-15-5-4-6-16-14-34-19-8-3-2-7-17(19)22(21(15)16)28-20-13-31-12-11-26(20)25(30)23-24(32-33)18(29)9-10-27(23)28/h2-10,20,22H,11-14,33H2,1H3/t20-,22-/m1/s1. The number of ether oxygens (including phenoxy) is 1. The number of pyridine rings is 1. The predicted octanol–water partition coefficient (Wildman–Crippen LogP) is 3.47. The SMILES string of the molecule is Cc1cccc2c1[C@H](N1[C@@H]3COCCN3C(=O)c3c(OP)c(=O)ccn31)c1ccccc1SC2. The normalized spacial score (nSPS) is 21.2. The maximum atomic E-state index is 13.6. The predicted molar refractivity (Wildman–Crippen MR) is 134 cm³/mol. The Balaban J connectivity index is 1.68. The first-order chi connectivity index (χ1) is 16.6. The average Bonchev–Trinajstić information content (AvgIpc) is 3.03. The van der Waals surface area contributed by atoms with Crippen LogP contribution in [-0.2, 0) is 10.5 Å². The van der Waals surface area contributed by atoms with E-state index >= 15 is 0 Å². The summed E-state index contributed by atoms with van der Waals surface area (Å²) in [5.41, 5.74) is 4.75. The third kappa shape index (κ3) is 3.20. The van der Waals surface area contributed by atoms with Gasteiger partial charge in [0.05, 0.1) is 28.7 Å². The summed E-state index contributed by atoms with van der Waals surface area (Å²) in [5.74, 6) is 0.675. The summed E-state index contributed by atoms with van der Waals surface area (Å²) < 4.78 is 13.1. The van der Waals surface area contributed by atoms with Crippen molar-refractivity contribution in [3.05, 3.63) is 92.9 Å². The lowest BCUT2D eigenvalue weighted by molar-refractivity contribution is -0.0196. The van der Waals surface area contributed by atoms with E-state index in [0.29, 0.717) is 19.8 Å². The van der Waals surface area contributed by atoms with E-state index in [1.165, 1.54) is 33.2 Å². The molecule has 4 heterocycles. The van der Waals surface area contributed by atoms with Crippen LogP contribution in [0.15, 0.2) is 64.4 Å². The van der Waals surface area contributed by atoms with Crippen LogP contribution >= 0.6 is 21.2 Å². The lowest BCUT2D eigenvalue weighted by Crippen LogP contribution is -2.66. The maximum absolute atomic E-state index is 13.6. The quantitative estimate of drug-likeness (QED) is 0.510. The first-order valence-electron chi connectivity index (χ1n) is 11.2. The van der Waals surface area contributed by atoms with Crippen molar-refractivity contribution in [1.29, 1.82) is 0 Å². The average molecular weight is 494 g/mol. The smallest absolute Gasteiger partial charge is 0.278 e. The van der Waals surface area contributed by atoms with Gasteiger partial charge in [-0.2, -0.15) is 0 Å². The highest BCUT2D eigenvalue weighted by atomic mass is 32.2. The highest BCUT2D eigenvalue weighted by Gasteiger charge is 2.46. The van der Waals surface area contributed by atoms with Gasteiger partial charge in [-0.15, -0.1) is 11.8 Å². The highest BCUT2D eigenvalue weighted by Crippen LogP contribution is 2.45. The number of carbonyl (C=O) groups excluding carboxylic acids is 1. The Morgan fingerprint density at radius 1 is 1.12 bits per heavy atom. The van der Waals surface area contributed by atoms with Gasteiger partial charge in [0.25, 0.3) is 5.91 Å². The van der Waals surface area contributed by atoms with Gasteiger partial charge in [-0.25, -0.2) is 0 Å². The first kappa shape index (κ1) is 21.7. The lowest BCUT2D eigenvalue weighted by Gasteiger charge is -2.51. The fourth-order valence-corrected chi connectivity index (χ4v) is 6.63. The van der Waals surface area contributed by atoms with Crippen LogP contribution < -0.4 is 15.0 Å². The topological polar surface area (TPSA) is 64.0 Å². The Hall–Kier alpha value is -2.80. The third-order valence-electron chi connectivity index (χ3n) is 6.82. The van der Waals surface area contributed by atoms with Crippen molar-refractivity contribution in [2.75, 3.05) is 24.8 Å². The van der Waals surface area contributed by atoms with Gasteiger partial charge in [-0.3, -0.25) is 19.3 Å². The van der Waals surface area contributed by atoms with E-state index in [1.54, 1.807) is 6.20 Å². The van der Waals surface area contributed by atoms with E-state index in [-0.39, 0.29) is 35.0 Å². The van der Waals surface area contributed by atoms with Crippen LogP contribution in [0.3, 0.4) is 0 Å². The fraction of sp³-hybridized carbons (Fsp3) is 0.280. The van der Waals surface area contributed by atoms with Crippen molar-refractivity contribution in [1.82, 2.24) is 9.58 Å². The molecule has 3 aromatic rings. The van der Waals surface area contributed by atoms with Gasteiger partial charge in [0.2, 0.25) is 11.2 Å². The number of thioether (sulfide) groups is 1. The molecule has 1 fully saturated rings. The van der Waals surface area contributed by atoms with E-state index in [1.807, 2.05) is 21.3 Å². The summed E-state index contributed by atoms with van der Waals surface area (Å²) in [7, 11) is 2.12. The number of fused-ring (bicyclic) bond motifs is 4. The molecule has 9 heteroatoms. The number of rotatable bonds is 2. The Bertz CT molecular complexity index is 1360. The molecular formula is C25H24N3O4PS. The second-order valence-electron chi connectivity index (χ2n) is 8.63. The number of hydrogen-bond donors (Lipinski definition) is 0. The van der Waals surface area contributed by atoms with E-state index in [9.17, 15) is 9.59 Å². The van der Waals surface area contributed by atoms with Crippen molar-refractivity contribution in [3.63, 3.8) is 0 Å². The second kappa shape index (κ2) is 8.45. The minimum Gasteiger partial charge on any atom is -0.474 e. The molecule has 2 aromatic carbocycles. The van der Waals surface area contributed by atoms with E-state index in [0.717, 1.165) is 5.75 Å². The first-order valence-corrected chi connectivity index (χ1v) is 12.7. The molecule has 7 nitrogen and oxygen atoms in total. The van der Waals surface area contributed by atoms with Crippen molar-refractivity contribution in [3.8, 4) is 5.75 Å². The Morgan fingerprint density at radius 2 is 1.97 bits per heavy atom. The van der Waals surface area contributed by atoms with E-state index < -0.39 is 0 Å². The molecule has 0 N–H and O–H groups in total. The number of aryl methyl sites for hydroxylation is 1. The van der Waals surface area contributed by atoms with Gasteiger partial charge in [0.15, 0.2) is 5.69 Å². The summed E-state index contributed by atoms with van der Waals surface area (Å²) in [6.07, 6.45) is 1.36. The highest BCUT2D eigenvalue weighted by molar-refractivity contribution is 7.98. The van der Waals surface area contributed by atoms with Crippen LogP contribution in [0, 0.1) is 6.92 Å². The number of benzene rings is 2. The molecule has 1 amide bonds. The molecule has 0 aliphatic carbocycles. The van der Waals surface area contributed by atoms with Gasteiger partial charge in [0, 0.05) is 29.5 Å². The molecule has 3 aliphatic heterocycles. The number of morpholine rings is 1. The fourth-order valence-electron chi connectivity index (χ4n) is 5.32. The molecule has 0 saturated carbocycles. The summed E-state index contributed by atoms with van der Waals surface area (Å²) in [4.78, 5) is 29.3. The molecule has 6 rings (SSSR count). The van der Waals surface area contributed by atoms with E-state index in [2.05, 4.69) is 63.9 Å². The number of aromatic nitrogens is 1. The lowest BCUT2D eigenvalue weighted by atomic mass is 9.90.